The molecule has 11 heavy (non-hydrogen) atoms. The van der Waals surface area contributed by atoms with E-state index in [2.05, 4.69) is 18.9 Å². The summed E-state index contributed by atoms with van der Waals surface area (Å²) in [6.07, 6.45) is 4.29. The summed E-state index contributed by atoms with van der Waals surface area (Å²) in [6.45, 7) is 5.42. The van der Waals surface area contributed by atoms with Crippen molar-refractivity contribution in [3.8, 4) is 0 Å². The summed E-state index contributed by atoms with van der Waals surface area (Å²) in [5, 5.41) is 0. The minimum Gasteiger partial charge on any atom is -0.377 e. The molecule has 1 aliphatic rings. The van der Waals surface area contributed by atoms with Crippen LogP contribution in [0.1, 0.15) is 26.2 Å². The van der Waals surface area contributed by atoms with E-state index in [0.29, 0.717) is 6.10 Å². The van der Waals surface area contributed by atoms with E-state index in [9.17, 15) is 0 Å². The molecule has 2 nitrogen and oxygen atoms in total. The van der Waals surface area contributed by atoms with Crippen LogP contribution in [0.4, 0.5) is 0 Å². The molecule has 2 heteroatoms. The first-order chi connectivity index (χ1) is 5.29. The molecular formula is C9H19NO. The van der Waals surface area contributed by atoms with E-state index in [1.54, 1.807) is 0 Å². The Morgan fingerprint density at radius 3 is 2.91 bits per heavy atom. The van der Waals surface area contributed by atoms with Crippen LogP contribution in [0.5, 0.6) is 0 Å². The minimum absolute atomic E-state index is 0.415. The topological polar surface area (TPSA) is 12.5 Å². The third-order valence-electron chi connectivity index (χ3n) is 2.16. The van der Waals surface area contributed by atoms with E-state index in [1.165, 1.54) is 25.8 Å². The zero-order valence-electron chi connectivity index (χ0n) is 7.68. The van der Waals surface area contributed by atoms with Gasteiger partial charge in [0, 0.05) is 13.2 Å². The Morgan fingerprint density at radius 2 is 2.09 bits per heavy atom. The zero-order valence-corrected chi connectivity index (χ0v) is 7.68. The highest BCUT2D eigenvalue weighted by Gasteiger charge is 2.08. The van der Waals surface area contributed by atoms with Crippen molar-refractivity contribution in [3.63, 3.8) is 0 Å². The molecule has 0 unspecified atom stereocenters. The van der Waals surface area contributed by atoms with Crippen LogP contribution in [-0.4, -0.2) is 37.7 Å². The molecule has 1 rings (SSSR count). The fourth-order valence-corrected chi connectivity index (χ4v) is 1.53. The van der Waals surface area contributed by atoms with Gasteiger partial charge < -0.3 is 9.64 Å². The summed E-state index contributed by atoms with van der Waals surface area (Å²) < 4.78 is 5.59. The largest absolute Gasteiger partial charge is 0.377 e. The second kappa shape index (κ2) is 4.73. The van der Waals surface area contributed by atoms with Crippen LogP contribution in [-0.2, 0) is 4.74 Å². The maximum absolute atomic E-state index is 5.59. The van der Waals surface area contributed by atoms with Gasteiger partial charge in [0.2, 0.25) is 0 Å². The van der Waals surface area contributed by atoms with Gasteiger partial charge in [0.05, 0.1) is 6.10 Å². The van der Waals surface area contributed by atoms with E-state index in [1.807, 2.05) is 0 Å². The van der Waals surface area contributed by atoms with Gasteiger partial charge in [-0.2, -0.15) is 0 Å². The zero-order chi connectivity index (χ0) is 8.10. The smallest absolute Gasteiger partial charge is 0.0673 e. The Bertz CT molecular complexity index is 93.7. The number of rotatable bonds is 0. The van der Waals surface area contributed by atoms with Crippen molar-refractivity contribution in [3.05, 3.63) is 0 Å². The molecule has 1 fully saturated rings. The molecule has 0 aromatic heterocycles. The van der Waals surface area contributed by atoms with Crippen molar-refractivity contribution in [1.82, 2.24) is 4.90 Å². The first-order valence-corrected chi connectivity index (χ1v) is 4.59. The molecular weight excluding hydrogens is 138 g/mol. The summed E-state index contributed by atoms with van der Waals surface area (Å²) in [4.78, 5) is 2.36. The van der Waals surface area contributed by atoms with Gasteiger partial charge >= 0.3 is 0 Å². The molecule has 0 amide bonds. The Balaban J connectivity index is 2.27. The van der Waals surface area contributed by atoms with E-state index in [4.69, 9.17) is 4.74 Å². The summed E-state index contributed by atoms with van der Waals surface area (Å²) in [5.41, 5.74) is 0. The molecule has 0 bridgehead atoms. The average Bonchev–Trinajstić information content (AvgIpc) is 2.02. The van der Waals surface area contributed by atoms with Crippen molar-refractivity contribution in [1.29, 1.82) is 0 Å². The maximum atomic E-state index is 5.59. The van der Waals surface area contributed by atoms with Crippen molar-refractivity contribution >= 4 is 0 Å². The van der Waals surface area contributed by atoms with Crippen molar-refractivity contribution in [2.24, 2.45) is 0 Å². The number of ether oxygens (including phenoxy) is 1. The van der Waals surface area contributed by atoms with E-state index >= 15 is 0 Å². The number of hydrogen-bond acceptors (Lipinski definition) is 2. The molecule has 0 aromatic carbocycles. The summed E-state index contributed by atoms with van der Waals surface area (Å²) in [7, 11) is 2.17. The van der Waals surface area contributed by atoms with Gasteiger partial charge in [-0.1, -0.05) is 0 Å². The number of likely N-dealkylation sites (N-methyl/N-ethyl adjacent to an activating group) is 1. The molecule has 0 N–H and O–H groups in total. The van der Waals surface area contributed by atoms with Gasteiger partial charge in [-0.3, -0.25) is 0 Å². The lowest BCUT2D eigenvalue weighted by Crippen LogP contribution is -2.29. The normalized spacial score (nSPS) is 30.5. The van der Waals surface area contributed by atoms with Gasteiger partial charge in [0.15, 0.2) is 0 Å². The highest BCUT2D eigenvalue weighted by molar-refractivity contribution is 4.60. The Morgan fingerprint density at radius 1 is 1.27 bits per heavy atom. The molecule has 0 radical (unpaired) electrons. The van der Waals surface area contributed by atoms with Crippen LogP contribution in [0, 0.1) is 0 Å². The lowest BCUT2D eigenvalue weighted by molar-refractivity contribution is 0.0484. The van der Waals surface area contributed by atoms with Crippen LogP contribution < -0.4 is 0 Å². The fraction of sp³-hybridized carbons (Fsp3) is 1.00. The Labute approximate surface area is 69.5 Å². The van der Waals surface area contributed by atoms with Gasteiger partial charge in [-0.25, -0.2) is 0 Å². The predicted octanol–water partition coefficient (Wildman–Crippen LogP) is 1.51. The van der Waals surface area contributed by atoms with Crippen molar-refractivity contribution < 1.29 is 4.74 Å². The fourth-order valence-electron chi connectivity index (χ4n) is 1.53. The van der Waals surface area contributed by atoms with Gasteiger partial charge in [0.1, 0.15) is 0 Å². The second-order valence-electron chi connectivity index (χ2n) is 3.50. The minimum atomic E-state index is 0.415. The summed E-state index contributed by atoms with van der Waals surface area (Å²) in [6, 6.07) is 0. The first-order valence-electron chi connectivity index (χ1n) is 4.59. The lowest BCUT2D eigenvalue weighted by atomic mass is 10.2. The Hall–Kier alpha value is -0.0800. The second-order valence-corrected chi connectivity index (χ2v) is 3.50. The molecule has 1 atom stereocenters. The Kier molecular flexibility index (Phi) is 3.87. The third-order valence-corrected chi connectivity index (χ3v) is 2.16. The molecule has 66 valence electrons. The van der Waals surface area contributed by atoms with Crippen LogP contribution >= 0.6 is 0 Å². The molecule has 0 saturated carbocycles. The van der Waals surface area contributed by atoms with Crippen molar-refractivity contribution in [2.75, 3.05) is 26.7 Å². The van der Waals surface area contributed by atoms with Crippen LogP contribution in [0.2, 0.25) is 0 Å². The van der Waals surface area contributed by atoms with Gasteiger partial charge in [0.25, 0.3) is 0 Å². The number of nitrogens with zero attached hydrogens (tertiary/aromatic N) is 1. The van der Waals surface area contributed by atoms with Crippen LogP contribution in [0.15, 0.2) is 0 Å². The SMILES string of the molecule is C[C@@H]1CN(C)CCCCCO1. The first kappa shape index (κ1) is 9.01. The highest BCUT2D eigenvalue weighted by Crippen LogP contribution is 2.04. The average molecular weight is 157 g/mol. The molecule has 1 saturated heterocycles. The summed E-state index contributed by atoms with van der Waals surface area (Å²) >= 11 is 0. The molecule has 0 aliphatic carbocycles. The highest BCUT2D eigenvalue weighted by atomic mass is 16.5. The number of hydrogen-bond donors (Lipinski definition) is 0. The van der Waals surface area contributed by atoms with E-state index < -0.39 is 0 Å². The monoisotopic (exact) mass is 157 g/mol. The lowest BCUT2D eigenvalue weighted by Gasteiger charge is -2.19. The third kappa shape index (κ3) is 3.73. The molecule has 0 spiro atoms. The van der Waals surface area contributed by atoms with Gasteiger partial charge in [-0.05, 0) is 39.8 Å². The standard InChI is InChI=1S/C9H19NO/c1-9-8-10(2)6-4-3-5-7-11-9/h9H,3-8H2,1-2H3/t9-/m1/s1. The van der Waals surface area contributed by atoms with Gasteiger partial charge in [-0.15, -0.1) is 0 Å². The molecule has 1 aliphatic heterocycles. The molecule has 1 heterocycles. The quantitative estimate of drug-likeness (QED) is 0.528. The van der Waals surface area contributed by atoms with Crippen LogP contribution in [0.3, 0.4) is 0 Å². The predicted molar refractivity (Wildman–Crippen MR) is 46.8 cm³/mol. The van der Waals surface area contributed by atoms with E-state index in [0.717, 1.165) is 13.2 Å². The maximum Gasteiger partial charge on any atom is 0.0673 e. The van der Waals surface area contributed by atoms with E-state index in [-0.39, 0.29) is 0 Å². The van der Waals surface area contributed by atoms with Crippen LogP contribution in [0.25, 0.3) is 0 Å². The van der Waals surface area contributed by atoms with Crippen molar-refractivity contribution in [2.45, 2.75) is 32.3 Å². The summed E-state index contributed by atoms with van der Waals surface area (Å²) in [5.74, 6) is 0. The molecule has 0 aromatic rings.